The van der Waals surface area contributed by atoms with E-state index in [4.69, 9.17) is 0 Å². The van der Waals surface area contributed by atoms with Crippen LogP contribution in [0.1, 0.15) is 64.2 Å². The van der Waals surface area contributed by atoms with Gasteiger partial charge in [-0.25, -0.2) is 0 Å². The topological polar surface area (TPSA) is 41.1 Å². The zero-order valence-electron chi connectivity index (χ0n) is 12.2. The first-order valence-corrected chi connectivity index (χ1v) is 8.21. The molecule has 0 bridgehead atoms. The van der Waals surface area contributed by atoms with E-state index in [1.807, 2.05) is 7.05 Å². The molecule has 1 amide bonds. The Morgan fingerprint density at radius 1 is 1.11 bits per heavy atom. The van der Waals surface area contributed by atoms with Gasteiger partial charge in [-0.15, -0.1) is 0 Å². The van der Waals surface area contributed by atoms with E-state index in [-0.39, 0.29) is 5.54 Å². The maximum Gasteiger partial charge on any atom is 0.222 e. The van der Waals surface area contributed by atoms with Gasteiger partial charge in [0.1, 0.15) is 0 Å². The lowest BCUT2D eigenvalue weighted by molar-refractivity contribution is -0.124. The molecule has 0 aromatic heterocycles. The van der Waals surface area contributed by atoms with Gasteiger partial charge in [-0.2, -0.15) is 0 Å². The van der Waals surface area contributed by atoms with Gasteiger partial charge in [-0.1, -0.05) is 19.3 Å². The molecule has 3 aliphatic rings. The third-order valence-corrected chi connectivity index (χ3v) is 5.43. The second kappa shape index (κ2) is 5.43. The van der Waals surface area contributed by atoms with Gasteiger partial charge in [-0.3, -0.25) is 4.79 Å². The number of carbonyl (C=O) groups excluding carboxylic acids is 1. The Labute approximate surface area is 116 Å². The van der Waals surface area contributed by atoms with Crippen molar-refractivity contribution in [2.45, 2.75) is 75.8 Å². The number of nitrogens with one attached hydrogen (secondary N) is 2. The minimum atomic E-state index is 0.0833. The van der Waals surface area contributed by atoms with Gasteiger partial charge >= 0.3 is 0 Å². The monoisotopic (exact) mass is 264 g/mol. The van der Waals surface area contributed by atoms with Crippen molar-refractivity contribution in [2.24, 2.45) is 11.8 Å². The average Bonchev–Trinajstić information content (AvgIpc) is 3.30. The molecular formula is C16H28N2O. The summed E-state index contributed by atoms with van der Waals surface area (Å²) < 4.78 is 0. The summed E-state index contributed by atoms with van der Waals surface area (Å²) in [5.74, 6) is 1.89. The van der Waals surface area contributed by atoms with Crippen LogP contribution in [-0.2, 0) is 4.79 Å². The SMILES string of the molecule is CNC1(CC(=O)NC(C2CC2)C2CC2)CCCCC1. The minimum Gasteiger partial charge on any atom is -0.353 e. The predicted octanol–water partition coefficient (Wildman–Crippen LogP) is 2.60. The Bertz CT molecular complexity index is 316. The highest BCUT2D eigenvalue weighted by Gasteiger charge is 2.43. The Balaban J connectivity index is 1.54. The normalized spacial score (nSPS) is 26.4. The van der Waals surface area contributed by atoms with Crippen molar-refractivity contribution in [3.63, 3.8) is 0 Å². The minimum absolute atomic E-state index is 0.0833. The van der Waals surface area contributed by atoms with Crippen LogP contribution in [0.2, 0.25) is 0 Å². The van der Waals surface area contributed by atoms with Crippen LogP contribution >= 0.6 is 0 Å². The Morgan fingerprint density at radius 2 is 1.68 bits per heavy atom. The lowest BCUT2D eigenvalue weighted by atomic mass is 9.79. The van der Waals surface area contributed by atoms with E-state index < -0.39 is 0 Å². The van der Waals surface area contributed by atoms with Crippen molar-refractivity contribution in [3.8, 4) is 0 Å². The van der Waals surface area contributed by atoms with E-state index in [1.54, 1.807) is 0 Å². The summed E-state index contributed by atoms with van der Waals surface area (Å²) in [6.07, 6.45) is 12.2. The number of hydrogen-bond acceptors (Lipinski definition) is 2. The maximum absolute atomic E-state index is 12.4. The molecule has 19 heavy (non-hydrogen) atoms. The highest BCUT2D eigenvalue weighted by Crippen LogP contribution is 2.44. The molecule has 3 nitrogen and oxygen atoms in total. The Hall–Kier alpha value is -0.570. The molecule has 0 aromatic carbocycles. The van der Waals surface area contributed by atoms with E-state index in [0.717, 1.165) is 24.7 Å². The summed E-state index contributed by atoms with van der Waals surface area (Å²) in [5, 5.41) is 6.82. The van der Waals surface area contributed by atoms with Crippen molar-refractivity contribution < 1.29 is 4.79 Å². The number of carbonyl (C=O) groups is 1. The number of hydrogen-bond donors (Lipinski definition) is 2. The van der Waals surface area contributed by atoms with E-state index in [0.29, 0.717) is 18.4 Å². The smallest absolute Gasteiger partial charge is 0.222 e. The molecule has 0 spiro atoms. The molecule has 3 rings (SSSR count). The van der Waals surface area contributed by atoms with Crippen LogP contribution in [0.15, 0.2) is 0 Å². The lowest BCUT2D eigenvalue weighted by Gasteiger charge is -2.37. The summed E-state index contributed by atoms with van der Waals surface area (Å²) in [6.45, 7) is 0. The predicted molar refractivity (Wildman–Crippen MR) is 76.9 cm³/mol. The van der Waals surface area contributed by atoms with Gasteiger partial charge in [0.05, 0.1) is 0 Å². The van der Waals surface area contributed by atoms with E-state index >= 15 is 0 Å². The summed E-state index contributed by atoms with van der Waals surface area (Å²) in [4.78, 5) is 12.4. The van der Waals surface area contributed by atoms with E-state index in [9.17, 15) is 4.79 Å². The van der Waals surface area contributed by atoms with Gasteiger partial charge in [0.2, 0.25) is 5.91 Å². The van der Waals surface area contributed by atoms with Crippen molar-refractivity contribution >= 4 is 5.91 Å². The first-order chi connectivity index (χ1) is 9.22. The summed E-state index contributed by atoms with van der Waals surface area (Å²) in [6, 6.07) is 0.505. The lowest BCUT2D eigenvalue weighted by Crippen LogP contribution is -2.50. The quantitative estimate of drug-likeness (QED) is 0.774. The fourth-order valence-corrected chi connectivity index (χ4v) is 3.82. The first kappa shape index (κ1) is 13.4. The third kappa shape index (κ3) is 3.31. The molecule has 0 atom stereocenters. The first-order valence-electron chi connectivity index (χ1n) is 8.21. The number of rotatable bonds is 6. The number of amides is 1. The molecule has 0 aromatic rings. The molecule has 0 radical (unpaired) electrons. The molecule has 3 heteroatoms. The van der Waals surface area contributed by atoms with E-state index in [2.05, 4.69) is 10.6 Å². The molecule has 3 saturated carbocycles. The van der Waals surface area contributed by atoms with E-state index in [1.165, 1.54) is 44.9 Å². The van der Waals surface area contributed by atoms with Gasteiger partial charge in [0.25, 0.3) is 0 Å². The van der Waals surface area contributed by atoms with Gasteiger partial charge in [-0.05, 0) is 57.4 Å². The van der Waals surface area contributed by atoms with Crippen LogP contribution in [0.3, 0.4) is 0 Å². The van der Waals surface area contributed by atoms with Crippen molar-refractivity contribution in [1.29, 1.82) is 0 Å². The molecule has 0 aliphatic heterocycles. The van der Waals surface area contributed by atoms with Crippen LogP contribution in [-0.4, -0.2) is 24.5 Å². The van der Waals surface area contributed by atoms with Gasteiger partial charge < -0.3 is 10.6 Å². The highest BCUT2D eigenvalue weighted by atomic mass is 16.1. The van der Waals surface area contributed by atoms with Crippen molar-refractivity contribution in [3.05, 3.63) is 0 Å². The largest absolute Gasteiger partial charge is 0.353 e. The summed E-state index contributed by atoms with van der Waals surface area (Å²) >= 11 is 0. The molecular weight excluding hydrogens is 236 g/mol. The van der Waals surface area contributed by atoms with Gasteiger partial charge in [0.15, 0.2) is 0 Å². The summed E-state index contributed by atoms with van der Waals surface area (Å²) in [5.41, 5.74) is 0.0833. The van der Waals surface area contributed by atoms with Gasteiger partial charge in [0, 0.05) is 18.0 Å². The van der Waals surface area contributed by atoms with Crippen LogP contribution in [0.5, 0.6) is 0 Å². The average molecular weight is 264 g/mol. The fourth-order valence-electron chi connectivity index (χ4n) is 3.82. The van der Waals surface area contributed by atoms with Crippen LogP contribution in [0.25, 0.3) is 0 Å². The summed E-state index contributed by atoms with van der Waals surface area (Å²) in [7, 11) is 2.03. The maximum atomic E-state index is 12.4. The standard InChI is InChI=1S/C16H28N2O/c1-17-16(9-3-2-4-10-16)11-14(19)18-15(12-5-6-12)13-7-8-13/h12-13,15,17H,2-11H2,1H3,(H,18,19). The van der Waals surface area contributed by atoms with Crippen molar-refractivity contribution in [2.75, 3.05) is 7.05 Å². The molecule has 108 valence electrons. The molecule has 0 saturated heterocycles. The van der Waals surface area contributed by atoms with Crippen LogP contribution in [0.4, 0.5) is 0 Å². The zero-order valence-corrected chi connectivity index (χ0v) is 12.2. The third-order valence-electron chi connectivity index (χ3n) is 5.43. The Kier molecular flexibility index (Phi) is 3.84. The van der Waals surface area contributed by atoms with Crippen LogP contribution in [0, 0.1) is 11.8 Å². The second-order valence-corrected chi connectivity index (χ2v) is 7.04. The second-order valence-electron chi connectivity index (χ2n) is 7.04. The molecule has 3 fully saturated rings. The highest BCUT2D eigenvalue weighted by molar-refractivity contribution is 5.77. The molecule has 2 N–H and O–H groups in total. The Morgan fingerprint density at radius 3 is 2.16 bits per heavy atom. The molecule has 0 unspecified atom stereocenters. The zero-order chi connectivity index (χ0) is 13.3. The molecule has 0 heterocycles. The van der Waals surface area contributed by atoms with Crippen molar-refractivity contribution in [1.82, 2.24) is 10.6 Å². The van der Waals surface area contributed by atoms with Crippen LogP contribution < -0.4 is 10.6 Å². The fraction of sp³-hybridized carbons (Fsp3) is 0.938. The molecule has 3 aliphatic carbocycles.